The molecule has 0 bridgehead atoms. The molecular weight excluding hydrogens is 256 g/mol. The Bertz CT molecular complexity index is 462. The van der Waals surface area contributed by atoms with E-state index in [1.807, 2.05) is 31.7 Å². The van der Waals surface area contributed by atoms with Crippen molar-refractivity contribution in [3.05, 3.63) is 28.8 Å². The van der Waals surface area contributed by atoms with Gasteiger partial charge in [0, 0.05) is 6.42 Å². The predicted molar refractivity (Wildman–Crippen MR) is 81.5 cm³/mol. The maximum absolute atomic E-state index is 12.5. The Morgan fingerprint density at radius 1 is 1.32 bits per heavy atom. The number of methoxy groups -OCH3 is 1. The van der Waals surface area contributed by atoms with Crippen LogP contribution in [-0.2, 0) is 0 Å². The van der Waals surface area contributed by atoms with Crippen LogP contribution in [-0.4, -0.2) is 24.4 Å². The largest absolute Gasteiger partial charge is 0.496 e. The number of rotatable bonds is 4. The molecule has 1 aliphatic rings. The molecule has 1 aromatic rings. The van der Waals surface area contributed by atoms with Gasteiger partial charge in [0.2, 0.25) is 0 Å². The summed E-state index contributed by atoms with van der Waals surface area (Å²) in [7, 11) is 1.64. The molecule has 1 aromatic carbocycles. The first-order chi connectivity index (χ1) is 9.11. The number of thioether (sulfide) groups is 1. The van der Waals surface area contributed by atoms with Crippen LogP contribution in [0.3, 0.4) is 0 Å². The van der Waals surface area contributed by atoms with Crippen molar-refractivity contribution >= 4 is 17.5 Å². The molecular formula is C16H22O2S. The van der Waals surface area contributed by atoms with Crippen molar-refractivity contribution in [1.82, 2.24) is 0 Å². The number of carbonyl (C=O) groups is 1. The van der Waals surface area contributed by atoms with E-state index in [2.05, 4.69) is 6.07 Å². The van der Waals surface area contributed by atoms with Crippen molar-refractivity contribution in [2.45, 2.75) is 33.1 Å². The van der Waals surface area contributed by atoms with Crippen molar-refractivity contribution in [3.8, 4) is 5.75 Å². The Morgan fingerprint density at radius 3 is 2.63 bits per heavy atom. The van der Waals surface area contributed by atoms with E-state index in [-0.39, 0.29) is 5.78 Å². The molecule has 19 heavy (non-hydrogen) atoms. The number of hydrogen-bond acceptors (Lipinski definition) is 3. The summed E-state index contributed by atoms with van der Waals surface area (Å²) in [5.41, 5.74) is 2.96. The van der Waals surface area contributed by atoms with E-state index < -0.39 is 0 Å². The minimum Gasteiger partial charge on any atom is -0.496 e. The lowest BCUT2D eigenvalue weighted by molar-refractivity contribution is 0.0955. The molecule has 2 rings (SSSR count). The van der Waals surface area contributed by atoms with Crippen molar-refractivity contribution in [3.63, 3.8) is 0 Å². The van der Waals surface area contributed by atoms with E-state index in [1.165, 1.54) is 24.3 Å². The van der Waals surface area contributed by atoms with E-state index >= 15 is 0 Å². The smallest absolute Gasteiger partial charge is 0.167 e. The van der Waals surface area contributed by atoms with Gasteiger partial charge < -0.3 is 4.74 Å². The van der Waals surface area contributed by atoms with Gasteiger partial charge in [-0.2, -0.15) is 11.8 Å². The minimum atomic E-state index is 0.242. The standard InChI is InChI=1S/C16H22O2S/c1-11-8-12(2)16(15(9-11)18-3)14(17)10-13-4-6-19-7-5-13/h8-9,13H,4-7,10H2,1-3H3. The second-order valence-electron chi connectivity index (χ2n) is 5.34. The fraction of sp³-hybridized carbons (Fsp3) is 0.562. The van der Waals surface area contributed by atoms with Crippen LogP contribution in [0.25, 0.3) is 0 Å². The van der Waals surface area contributed by atoms with Crippen LogP contribution in [0.4, 0.5) is 0 Å². The highest BCUT2D eigenvalue weighted by atomic mass is 32.2. The normalized spacial score (nSPS) is 16.4. The van der Waals surface area contributed by atoms with Gasteiger partial charge in [-0.05, 0) is 61.3 Å². The molecule has 0 amide bonds. The Hall–Kier alpha value is -0.960. The molecule has 0 aromatic heterocycles. The van der Waals surface area contributed by atoms with E-state index in [0.29, 0.717) is 12.3 Å². The Balaban J connectivity index is 2.18. The van der Waals surface area contributed by atoms with Gasteiger partial charge in [-0.1, -0.05) is 6.07 Å². The molecule has 3 heteroatoms. The number of Topliss-reactive ketones (excluding diaryl/α,β-unsaturated/α-hetero) is 1. The molecule has 2 nitrogen and oxygen atoms in total. The number of ether oxygens (including phenoxy) is 1. The molecule has 0 N–H and O–H groups in total. The van der Waals surface area contributed by atoms with Crippen LogP contribution < -0.4 is 4.74 Å². The maximum atomic E-state index is 12.5. The molecule has 0 spiro atoms. The van der Waals surface area contributed by atoms with Gasteiger partial charge in [0.25, 0.3) is 0 Å². The average Bonchev–Trinajstić information content (AvgIpc) is 2.38. The van der Waals surface area contributed by atoms with Gasteiger partial charge in [-0.3, -0.25) is 4.79 Å². The van der Waals surface area contributed by atoms with Crippen molar-refractivity contribution in [2.24, 2.45) is 5.92 Å². The van der Waals surface area contributed by atoms with Gasteiger partial charge in [0.15, 0.2) is 5.78 Å². The fourth-order valence-corrected chi connectivity index (χ4v) is 3.97. The zero-order valence-electron chi connectivity index (χ0n) is 12.0. The van der Waals surface area contributed by atoms with Crippen molar-refractivity contribution in [2.75, 3.05) is 18.6 Å². The average molecular weight is 278 g/mol. The summed E-state index contributed by atoms with van der Waals surface area (Å²) in [5, 5.41) is 0. The summed E-state index contributed by atoms with van der Waals surface area (Å²) in [4.78, 5) is 12.5. The summed E-state index contributed by atoms with van der Waals surface area (Å²) >= 11 is 2.00. The second-order valence-corrected chi connectivity index (χ2v) is 6.57. The molecule has 1 saturated heterocycles. The number of benzene rings is 1. The molecule has 0 radical (unpaired) electrons. The lowest BCUT2D eigenvalue weighted by Gasteiger charge is -2.21. The van der Waals surface area contributed by atoms with E-state index in [4.69, 9.17) is 4.74 Å². The summed E-state index contributed by atoms with van der Waals surface area (Å²) in [6.45, 7) is 4.03. The van der Waals surface area contributed by atoms with E-state index in [1.54, 1.807) is 7.11 Å². The lowest BCUT2D eigenvalue weighted by atomic mass is 9.91. The first-order valence-electron chi connectivity index (χ1n) is 6.88. The predicted octanol–water partition coefficient (Wildman–Crippen LogP) is 4.03. The molecule has 1 fully saturated rings. The molecule has 0 saturated carbocycles. The quantitative estimate of drug-likeness (QED) is 0.778. The third-order valence-corrected chi connectivity index (χ3v) is 4.81. The highest BCUT2D eigenvalue weighted by Gasteiger charge is 2.22. The van der Waals surface area contributed by atoms with Crippen LogP contribution >= 0.6 is 11.8 Å². The Labute approximate surface area is 119 Å². The second kappa shape index (κ2) is 6.47. The molecule has 0 unspecified atom stereocenters. The maximum Gasteiger partial charge on any atom is 0.167 e. The first-order valence-corrected chi connectivity index (χ1v) is 8.03. The number of ketones is 1. The summed E-state index contributed by atoms with van der Waals surface area (Å²) < 4.78 is 5.39. The van der Waals surface area contributed by atoms with E-state index in [0.717, 1.165) is 22.4 Å². The van der Waals surface area contributed by atoms with Crippen LogP contribution in [0.1, 0.15) is 40.7 Å². The number of aryl methyl sites for hydroxylation is 2. The molecule has 0 atom stereocenters. The van der Waals surface area contributed by atoms with Gasteiger partial charge in [-0.25, -0.2) is 0 Å². The topological polar surface area (TPSA) is 26.3 Å². The van der Waals surface area contributed by atoms with Crippen LogP contribution in [0.2, 0.25) is 0 Å². The molecule has 104 valence electrons. The van der Waals surface area contributed by atoms with Gasteiger partial charge in [0.05, 0.1) is 12.7 Å². The van der Waals surface area contributed by atoms with Gasteiger partial charge in [0.1, 0.15) is 5.75 Å². The van der Waals surface area contributed by atoms with Crippen LogP contribution in [0.5, 0.6) is 5.75 Å². The number of carbonyl (C=O) groups excluding carboxylic acids is 1. The Kier molecular flexibility index (Phi) is 4.92. The zero-order chi connectivity index (χ0) is 13.8. The van der Waals surface area contributed by atoms with Crippen LogP contribution in [0, 0.1) is 19.8 Å². The minimum absolute atomic E-state index is 0.242. The highest BCUT2D eigenvalue weighted by Crippen LogP contribution is 2.30. The highest BCUT2D eigenvalue weighted by molar-refractivity contribution is 7.99. The zero-order valence-corrected chi connectivity index (χ0v) is 12.8. The molecule has 0 aliphatic carbocycles. The van der Waals surface area contributed by atoms with Crippen molar-refractivity contribution in [1.29, 1.82) is 0 Å². The van der Waals surface area contributed by atoms with E-state index in [9.17, 15) is 4.79 Å². The van der Waals surface area contributed by atoms with Gasteiger partial charge in [-0.15, -0.1) is 0 Å². The third-order valence-electron chi connectivity index (χ3n) is 3.76. The SMILES string of the molecule is COc1cc(C)cc(C)c1C(=O)CC1CCSCC1. The summed E-state index contributed by atoms with van der Waals surface area (Å²) in [5.74, 6) is 3.92. The monoisotopic (exact) mass is 278 g/mol. The third kappa shape index (κ3) is 3.53. The summed E-state index contributed by atoms with van der Waals surface area (Å²) in [6.07, 6.45) is 3.01. The molecule has 1 heterocycles. The molecule has 1 aliphatic heterocycles. The van der Waals surface area contributed by atoms with Crippen LogP contribution in [0.15, 0.2) is 12.1 Å². The first kappa shape index (κ1) is 14.4. The number of hydrogen-bond donors (Lipinski definition) is 0. The van der Waals surface area contributed by atoms with Gasteiger partial charge >= 0.3 is 0 Å². The lowest BCUT2D eigenvalue weighted by Crippen LogP contribution is -2.16. The summed E-state index contributed by atoms with van der Waals surface area (Å²) in [6, 6.07) is 4.02. The fourth-order valence-electron chi connectivity index (χ4n) is 2.76. The van der Waals surface area contributed by atoms with Crippen molar-refractivity contribution < 1.29 is 9.53 Å². The Morgan fingerprint density at radius 2 is 2.00 bits per heavy atom.